The lowest BCUT2D eigenvalue weighted by molar-refractivity contribution is -0.385. The number of carbonyl (C=O) groups excluding carboxylic acids is 2. The van der Waals surface area contributed by atoms with Crippen molar-refractivity contribution < 1.29 is 33.6 Å². The molecule has 0 aromatic heterocycles. The fraction of sp³-hybridized carbons (Fsp3) is 0.231. The van der Waals surface area contributed by atoms with Gasteiger partial charge in [0.25, 0.3) is 11.4 Å². The van der Waals surface area contributed by atoms with Crippen molar-refractivity contribution in [3.63, 3.8) is 0 Å². The Bertz CT molecular complexity index is 1250. The van der Waals surface area contributed by atoms with Crippen molar-refractivity contribution >= 4 is 23.3 Å². The largest absolute Gasteiger partial charge is 0.462 e. The number of carbonyl (C=O) groups is 2. The molecule has 3 aromatic carbocycles. The van der Waals surface area contributed by atoms with Crippen LogP contribution in [0.3, 0.4) is 0 Å². The minimum atomic E-state index is -1.04. The highest BCUT2D eigenvalue weighted by atomic mass is 16.6. The molecule has 0 amide bonds. The molecule has 1 atom stereocenters. The average molecular weight is 508 g/mol. The van der Waals surface area contributed by atoms with Gasteiger partial charge in [-0.3, -0.25) is 20.2 Å². The number of nitrogens with zero attached hydrogens (tertiary/aromatic N) is 2. The number of rotatable bonds is 12. The highest BCUT2D eigenvalue weighted by Crippen LogP contribution is 2.21. The molecule has 0 spiro atoms. The Morgan fingerprint density at radius 2 is 1.24 bits per heavy atom. The lowest BCUT2D eigenvalue weighted by Crippen LogP contribution is -2.37. The first kappa shape index (κ1) is 27.0. The summed E-state index contributed by atoms with van der Waals surface area (Å²) in [5, 5.41) is 21.6. The maximum Gasteiger partial charge on any atom is 0.338 e. The average Bonchev–Trinajstić information content (AvgIpc) is 2.91. The van der Waals surface area contributed by atoms with Crippen LogP contribution in [0.25, 0.3) is 0 Å². The maximum atomic E-state index is 12.5. The first-order valence-corrected chi connectivity index (χ1v) is 11.2. The second-order valence-corrected chi connectivity index (χ2v) is 8.29. The van der Waals surface area contributed by atoms with E-state index in [1.807, 2.05) is 30.3 Å². The third-order valence-electron chi connectivity index (χ3n) is 5.43. The standard InChI is InChI=1S/C26H24N2O9/c1-26(37-17-19-5-3-2-4-6-19,18-36-25(30)21-9-13-23(14-10-21)28(33)34)15-16-35-24(29)20-7-11-22(12-8-20)27(31)32/h2-14H,15-18H2,1H3/t26-/m1/s1. The van der Waals surface area contributed by atoms with Crippen LogP contribution in [0.15, 0.2) is 78.9 Å². The van der Waals surface area contributed by atoms with Gasteiger partial charge in [-0.1, -0.05) is 30.3 Å². The Morgan fingerprint density at radius 3 is 1.73 bits per heavy atom. The Labute approximate surface area is 211 Å². The van der Waals surface area contributed by atoms with E-state index in [-0.39, 0.29) is 48.7 Å². The molecule has 0 N–H and O–H groups in total. The monoisotopic (exact) mass is 508 g/mol. The molecule has 0 saturated heterocycles. The number of nitro groups is 2. The van der Waals surface area contributed by atoms with Gasteiger partial charge < -0.3 is 14.2 Å². The first-order valence-electron chi connectivity index (χ1n) is 11.2. The van der Waals surface area contributed by atoms with Gasteiger partial charge in [0.2, 0.25) is 0 Å². The number of ether oxygens (including phenoxy) is 3. The number of non-ortho nitro benzene ring substituents is 2. The van der Waals surface area contributed by atoms with Crippen molar-refractivity contribution in [2.24, 2.45) is 0 Å². The van der Waals surface area contributed by atoms with Crippen LogP contribution in [-0.4, -0.2) is 40.6 Å². The van der Waals surface area contributed by atoms with Crippen molar-refractivity contribution in [1.82, 2.24) is 0 Å². The van der Waals surface area contributed by atoms with Gasteiger partial charge in [-0.25, -0.2) is 9.59 Å². The highest BCUT2D eigenvalue weighted by Gasteiger charge is 2.29. The zero-order chi connectivity index (χ0) is 26.8. The lowest BCUT2D eigenvalue weighted by atomic mass is 10.0. The molecule has 0 aliphatic rings. The minimum Gasteiger partial charge on any atom is -0.462 e. The molecule has 3 rings (SSSR count). The summed E-state index contributed by atoms with van der Waals surface area (Å²) in [6.45, 7) is 1.67. The number of hydrogen-bond acceptors (Lipinski definition) is 9. The van der Waals surface area contributed by atoms with Crippen molar-refractivity contribution in [3.05, 3.63) is 116 Å². The fourth-order valence-corrected chi connectivity index (χ4v) is 3.20. The fourth-order valence-electron chi connectivity index (χ4n) is 3.20. The van der Waals surface area contributed by atoms with Crippen LogP contribution in [0, 0.1) is 20.2 Å². The molecule has 0 saturated carbocycles. The summed E-state index contributed by atoms with van der Waals surface area (Å²) in [6.07, 6.45) is 0.173. The molecule has 11 nitrogen and oxygen atoms in total. The minimum absolute atomic E-state index is 0.0732. The van der Waals surface area contributed by atoms with E-state index >= 15 is 0 Å². The van der Waals surface area contributed by atoms with E-state index in [9.17, 15) is 29.8 Å². The third-order valence-corrected chi connectivity index (χ3v) is 5.43. The van der Waals surface area contributed by atoms with Crippen LogP contribution < -0.4 is 0 Å². The SMILES string of the molecule is C[C@@](CCOC(=O)c1ccc([N+](=O)[O-])cc1)(COC(=O)c1ccc([N+](=O)[O-])cc1)OCc1ccccc1. The molecular formula is C26H24N2O9. The van der Waals surface area contributed by atoms with E-state index < -0.39 is 27.4 Å². The van der Waals surface area contributed by atoms with Gasteiger partial charge in [-0.05, 0) is 36.8 Å². The van der Waals surface area contributed by atoms with E-state index in [2.05, 4.69) is 0 Å². The van der Waals surface area contributed by atoms with Gasteiger partial charge in [0.05, 0.1) is 34.2 Å². The number of nitro benzene ring substituents is 2. The van der Waals surface area contributed by atoms with Gasteiger partial charge in [0.1, 0.15) is 12.2 Å². The molecule has 0 fully saturated rings. The molecule has 0 aliphatic heterocycles. The van der Waals surface area contributed by atoms with Crippen LogP contribution in [0.2, 0.25) is 0 Å². The molecule has 0 radical (unpaired) electrons. The van der Waals surface area contributed by atoms with E-state index in [1.54, 1.807) is 6.92 Å². The summed E-state index contributed by atoms with van der Waals surface area (Å²) in [4.78, 5) is 45.3. The predicted octanol–water partition coefficient (Wildman–Crippen LogP) is 4.88. The van der Waals surface area contributed by atoms with E-state index in [0.29, 0.717) is 0 Å². The van der Waals surface area contributed by atoms with Gasteiger partial charge in [-0.2, -0.15) is 0 Å². The summed E-state index contributed by atoms with van der Waals surface area (Å²) in [5.41, 5.74) is -0.154. The van der Waals surface area contributed by atoms with Crippen molar-refractivity contribution in [2.45, 2.75) is 25.6 Å². The predicted molar refractivity (Wildman–Crippen MR) is 131 cm³/mol. The van der Waals surface area contributed by atoms with Crippen molar-refractivity contribution in [1.29, 1.82) is 0 Å². The van der Waals surface area contributed by atoms with Gasteiger partial charge in [0.15, 0.2) is 0 Å². The Hall–Kier alpha value is -4.64. The quantitative estimate of drug-likeness (QED) is 0.189. The summed E-state index contributed by atoms with van der Waals surface area (Å²) in [5.74, 6) is -1.35. The molecule has 11 heteroatoms. The van der Waals surface area contributed by atoms with E-state index in [0.717, 1.165) is 5.56 Å². The summed E-state index contributed by atoms with van der Waals surface area (Å²) >= 11 is 0. The number of esters is 2. The molecule has 0 heterocycles. The maximum absolute atomic E-state index is 12.5. The summed E-state index contributed by atoms with van der Waals surface area (Å²) in [6, 6.07) is 19.4. The van der Waals surface area contributed by atoms with E-state index in [4.69, 9.17) is 14.2 Å². The molecular weight excluding hydrogens is 484 g/mol. The molecule has 192 valence electrons. The smallest absolute Gasteiger partial charge is 0.338 e. The number of benzene rings is 3. The normalized spacial score (nSPS) is 12.2. The van der Waals surface area contributed by atoms with Crippen LogP contribution >= 0.6 is 0 Å². The Kier molecular flexibility index (Phi) is 9.00. The third kappa shape index (κ3) is 7.94. The van der Waals surface area contributed by atoms with Crippen LogP contribution in [0.4, 0.5) is 11.4 Å². The zero-order valence-electron chi connectivity index (χ0n) is 19.9. The van der Waals surface area contributed by atoms with Crippen LogP contribution in [0.1, 0.15) is 39.6 Å². The molecule has 0 bridgehead atoms. The second kappa shape index (κ2) is 12.4. The van der Waals surface area contributed by atoms with Gasteiger partial charge >= 0.3 is 11.9 Å². The summed E-state index contributed by atoms with van der Waals surface area (Å²) in [7, 11) is 0. The highest BCUT2D eigenvalue weighted by molar-refractivity contribution is 5.90. The first-order chi connectivity index (χ1) is 17.7. The molecule has 0 aliphatic carbocycles. The zero-order valence-corrected chi connectivity index (χ0v) is 19.9. The van der Waals surface area contributed by atoms with Crippen LogP contribution in [0.5, 0.6) is 0 Å². The van der Waals surface area contributed by atoms with Crippen molar-refractivity contribution in [3.8, 4) is 0 Å². The topological polar surface area (TPSA) is 148 Å². The molecule has 3 aromatic rings. The van der Waals surface area contributed by atoms with Crippen molar-refractivity contribution in [2.75, 3.05) is 13.2 Å². The lowest BCUT2D eigenvalue weighted by Gasteiger charge is -2.29. The van der Waals surface area contributed by atoms with Gasteiger partial charge in [-0.15, -0.1) is 0 Å². The second-order valence-electron chi connectivity index (χ2n) is 8.29. The number of hydrogen-bond donors (Lipinski definition) is 0. The molecule has 37 heavy (non-hydrogen) atoms. The molecule has 0 unspecified atom stereocenters. The summed E-state index contributed by atoms with van der Waals surface area (Å²) < 4.78 is 16.8. The Morgan fingerprint density at radius 1 is 0.757 bits per heavy atom. The van der Waals surface area contributed by atoms with E-state index in [1.165, 1.54) is 48.5 Å². The Balaban J connectivity index is 1.62. The van der Waals surface area contributed by atoms with Crippen LogP contribution in [-0.2, 0) is 20.8 Å². The van der Waals surface area contributed by atoms with Gasteiger partial charge in [0, 0.05) is 30.7 Å².